The molecule has 0 bridgehead atoms. The van der Waals surface area contributed by atoms with E-state index >= 15 is 0 Å². The van der Waals surface area contributed by atoms with Gasteiger partial charge in [-0.3, -0.25) is 4.79 Å². The van der Waals surface area contributed by atoms with Crippen LogP contribution in [0.4, 0.5) is 5.69 Å². The molecule has 3 aromatic rings. The number of carbonyl (C=O) groups excluding carboxylic acids is 1. The molecule has 3 aromatic carbocycles. The smallest absolute Gasteiger partial charge is 0.255 e. The van der Waals surface area contributed by atoms with Gasteiger partial charge in [0.15, 0.2) is 0 Å². The highest BCUT2D eigenvalue weighted by atomic mass is 16.5. The van der Waals surface area contributed by atoms with Crippen LogP contribution in [0.1, 0.15) is 53.4 Å². The van der Waals surface area contributed by atoms with Crippen LogP contribution in [-0.2, 0) is 19.4 Å². The summed E-state index contributed by atoms with van der Waals surface area (Å²) < 4.78 is 11.7. The standard InChI is InChI=1S/C27H31NO3/c1-5-20-11-9-12-21(6-2)26(20)28-27(29)22-14-15-25(30-7-3)23(17-22)18-31-24-13-8-10-19(4)16-24/h8-17H,5-7,18H2,1-4H3,(H,28,29). The number of para-hydroxylation sites is 1. The lowest BCUT2D eigenvalue weighted by Crippen LogP contribution is -2.15. The van der Waals surface area contributed by atoms with Crippen molar-refractivity contribution in [2.24, 2.45) is 0 Å². The van der Waals surface area contributed by atoms with Crippen LogP contribution in [0.25, 0.3) is 0 Å². The predicted molar refractivity (Wildman–Crippen MR) is 126 cm³/mol. The minimum absolute atomic E-state index is 0.129. The fourth-order valence-corrected chi connectivity index (χ4v) is 3.58. The lowest BCUT2D eigenvalue weighted by molar-refractivity contribution is 0.102. The SMILES string of the molecule is CCOc1ccc(C(=O)Nc2c(CC)cccc2CC)cc1COc1cccc(C)c1. The molecule has 0 heterocycles. The molecule has 4 heteroatoms. The highest BCUT2D eigenvalue weighted by Crippen LogP contribution is 2.26. The summed E-state index contributed by atoms with van der Waals surface area (Å²) in [5.74, 6) is 1.40. The van der Waals surface area contributed by atoms with E-state index in [1.807, 2.05) is 56.3 Å². The lowest BCUT2D eigenvalue weighted by atomic mass is 10.0. The largest absolute Gasteiger partial charge is 0.493 e. The van der Waals surface area contributed by atoms with E-state index in [0.29, 0.717) is 18.8 Å². The summed E-state index contributed by atoms with van der Waals surface area (Å²) in [6.07, 6.45) is 1.73. The zero-order valence-corrected chi connectivity index (χ0v) is 18.8. The van der Waals surface area contributed by atoms with Gasteiger partial charge in [0.1, 0.15) is 18.1 Å². The molecular formula is C27H31NO3. The number of amides is 1. The predicted octanol–water partition coefficient (Wildman–Crippen LogP) is 6.35. The Morgan fingerprint density at radius 3 is 2.19 bits per heavy atom. The molecular weight excluding hydrogens is 386 g/mol. The van der Waals surface area contributed by atoms with Gasteiger partial charge in [-0.25, -0.2) is 0 Å². The number of carbonyl (C=O) groups is 1. The van der Waals surface area contributed by atoms with E-state index in [0.717, 1.165) is 52.3 Å². The molecule has 0 aliphatic carbocycles. The van der Waals surface area contributed by atoms with Gasteiger partial charge in [0.2, 0.25) is 0 Å². The van der Waals surface area contributed by atoms with Crippen molar-refractivity contribution in [3.05, 3.63) is 88.5 Å². The highest BCUT2D eigenvalue weighted by molar-refractivity contribution is 6.05. The summed E-state index contributed by atoms with van der Waals surface area (Å²) in [5, 5.41) is 3.14. The summed E-state index contributed by atoms with van der Waals surface area (Å²) in [4.78, 5) is 13.1. The van der Waals surface area contributed by atoms with E-state index in [1.54, 1.807) is 6.07 Å². The molecule has 0 atom stereocenters. The Balaban J connectivity index is 1.85. The van der Waals surface area contributed by atoms with E-state index in [4.69, 9.17) is 9.47 Å². The molecule has 0 aliphatic heterocycles. The Morgan fingerprint density at radius 2 is 1.55 bits per heavy atom. The zero-order valence-electron chi connectivity index (χ0n) is 18.8. The van der Waals surface area contributed by atoms with E-state index in [1.165, 1.54) is 0 Å². The van der Waals surface area contributed by atoms with Gasteiger partial charge in [-0.05, 0) is 73.7 Å². The maximum Gasteiger partial charge on any atom is 0.255 e. The molecule has 0 aromatic heterocycles. The first-order chi connectivity index (χ1) is 15.0. The molecule has 162 valence electrons. The van der Waals surface area contributed by atoms with Crippen LogP contribution in [-0.4, -0.2) is 12.5 Å². The average Bonchev–Trinajstić information content (AvgIpc) is 2.78. The number of hydrogen-bond acceptors (Lipinski definition) is 3. The van der Waals surface area contributed by atoms with Crippen LogP contribution < -0.4 is 14.8 Å². The minimum Gasteiger partial charge on any atom is -0.493 e. The average molecular weight is 418 g/mol. The van der Waals surface area contributed by atoms with Gasteiger partial charge in [-0.1, -0.05) is 44.2 Å². The van der Waals surface area contributed by atoms with Gasteiger partial charge in [-0.2, -0.15) is 0 Å². The van der Waals surface area contributed by atoms with Crippen LogP contribution in [0, 0.1) is 6.92 Å². The number of ether oxygens (including phenoxy) is 2. The summed E-state index contributed by atoms with van der Waals surface area (Å²) in [5.41, 5.74) is 5.76. The number of rotatable bonds is 9. The Morgan fingerprint density at radius 1 is 0.839 bits per heavy atom. The quantitative estimate of drug-likeness (QED) is 0.441. The first-order valence-electron chi connectivity index (χ1n) is 10.9. The fraction of sp³-hybridized carbons (Fsp3) is 0.296. The Bertz CT molecular complexity index is 1020. The van der Waals surface area contributed by atoms with Crippen molar-refractivity contribution in [3.8, 4) is 11.5 Å². The molecule has 0 radical (unpaired) electrons. The second kappa shape index (κ2) is 10.7. The van der Waals surface area contributed by atoms with E-state index in [-0.39, 0.29) is 5.91 Å². The number of anilines is 1. The summed E-state index contributed by atoms with van der Waals surface area (Å²) in [6.45, 7) is 9.05. The van der Waals surface area contributed by atoms with Crippen molar-refractivity contribution in [2.75, 3.05) is 11.9 Å². The van der Waals surface area contributed by atoms with Crippen LogP contribution >= 0.6 is 0 Å². The van der Waals surface area contributed by atoms with Gasteiger partial charge in [-0.15, -0.1) is 0 Å². The molecule has 1 N–H and O–H groups in total. The molecule has 0 saturated carbocycles. The lowest BCUT2D eigenvalue weighted by Gasteiger charge is -2.16. The summed E-state index contributed by atoms with van der Waals surface area (Å²) >= 11 is 0. The van der Waals surface area contributed by atoms with Crippen molar-refractivity contribution in [1.82, 2.24) is 0 Å². The molecule has 4 nitrogen and oxygen atoms in total. The normalized spacial score (nSPS) is 10.6. The van der Waals surface area contributed by atoms with Gasteiger partial charge in [0.05, 0.1) is 6.61 Å². The molecule has 3 rings (SSSR count). The first kappa shape index (κ1) is 22.4. The third kappa shape index (κ3) is 5.66. The number of hydrogen-bond donors (Lipinski definition) is 1. The first-order valence-corrected chi connectivity index (χ1v) is 10.9. The van der Waals surface area contributed by atoms with Crippen LogP contribution in [0.3, 0.4) is 0 Å². The van der Waals surface area contributed by atoms with Gasteiger partial charge in [0, 0.05) is 16.8 Å². The van der Waals surface area contributed by atoms with Crippen LogP contribution in [0.5, 0.6) is 11.5 Å². The summed E-state index contributed by atoms with van der Waals surface area (Å²) in [7, 11) is 0. The van der Waals surface area contributed by atoms with E-state index in [2.05, 4.69) is 31.3 Å². The van der Waals surface area contributed by atoms with Crippen LogP contribution in [0.15, 0.2) is 60.7 Å². The molecule has 1 amide bonds. The zero-order chi connectivity index (χ0) is 22.2. The number of nitrogens with one attached hydrogen (secondary N) is 1. The van der Waals surface area contributed by atoms with Crippen molar-refractivity contribution in [3.63, 3.8) is 0 Å². The Kier molecular flexibility index (Phi) is 7.71. The van der Waals surface area contributed by atoms with E-state index < -0.39 is 0 Å². The maximum atomic E-state index is 13.1. The maximum absolute atomic E-state index is 13.1. The fourth-order valence-electron chi connectivity index (χ4n) is 3.58. The molecule has 0 saturated heterocycles. The third-order valence-electron chi connectivity index (χ3n) is 5.24. The molecule has 31 heavy (non-hydrogen) atoms. The van der Waals surface area contributed by atoms with Gasteiger partial charge < -0.3 is 14.8 Å². The van der Waals surface area contributed by atoms with Crippen molar-refractivity contribution < 1.29 is 14.3 Å². The monoisotopic (exact) mass is 417 g/mol. The Labute approximate surface area is 185 Å². The minimum atomic E-state index is -0.129. The van der Waals surface area contributed by atoms with Gasteiger partial charge >= 0.3 is 0 Å². The van der Waals surface area contributed by atoms with Crippen molar-refractivity contribution in [2.45, 2.75) is 47.1 Å². The molecule has 0 spiro atoms. The van der Waals surface area contributed by atoms with Crippen molar-refractivity contribution in [1.29, 1.82) is 0 Å². The van der Waals surface area contributed by atoms with Crippen molar-refractivity contribution >= 4 is 11.6 Å². The second-order valence-corrected chi connectivity index (χ2v) is 7.47. The van der Waals surface area contributed by atoms with Gasteiger partial charge in [0.25, 0.3) is 5.91 Å². The number of benzene rings is 3. The molecule has 0 unspecified atom stereocenters. The highest BCUT2D eigenvalue weighted by Gasteiger charge is 2.15. The molecule has 0 fully saturated rings. The van der Waals surface area contributed by atoms with Crippen LogP contribution in [0.2, 0.25) is 0 Å². The Hall–Kier alpha value is -3.27. The number of aryl methyl sites for hydroxylation is 3. The molecule has 0 aliphatic rings. The topological polar surface area (TPSA) is 47.6 Å². The second-order valence-electron chi connectivity index (χ2n) is 7.47. The third-order valence-corrected chi connectivity index (χ3v) is 5.24. The van der Waals surface area contributed by atoms with E-state index in [9.17, 15) is 4.79 Å². The summed E-state index contributed by atoms with van der Waals surface area (Å²) in [6, 6.07) is 19.6.